The highest BCUT2D eigenvalue weighted by molar-refractivity contribution is 9.10. The Labute approximate surface area is 232 Å². The zero-order chi connectivity index (χ0) is 26.3. The Bertz CT molecular complexity index is 1580. The van der Waals surface area contributed by atoms with Crippen molar-refractivity contribution >= 4 is 61.6 Å². The van der Waals surface area contributed by atoms with Gasteiger partial charge in [-0.15, -0.1) is 0 Å². The SMILES string of the molecule is CCOc1cc(/C=N\NC(=O)CSc2nc3ccccc3[nH]2)cc(Br)c1OCc1cccc2ccccc12. The number of nitrogens with one attached hydrogen (secondary N) is 2. The number of fused-ring (bicyclic) bond motifs is 2. The molecule has 192 valence electrons. The molecule has 0 bridgehead atoms. The second kappa shape index (κ2) is 12.1. The van der Waals surface area contributed by atoms with Crippen molar-refractivity contribution < 1.29 is 14.3 Å². The summed E-state index contributed by atoms with van der Waals surface area (Å²) in [6, 6.07) is 25.9. The molecule has 5 rings (SSSR count). The number of thioether (sulfide) groups is 1. The summed E-state index contributed by atoms with van der Waals surface area (Å²) in [6.07, 6.45) is 1.57. The van der Waals surface area contributed by atoms with Crippen LogP contribution in [0.5, 0.6) is 11.5 Å². The maximum atomic E-state index is 12.3. The van der Waals surface area contributed by atoms with Gasteiger partial charge in [0.25, 0.3) is 5.91 Å². The van der Waals surface area contributed by atoms with Gasteiger partial charge in [0.1, 0.15) is 6.61 Å². The van der Waals surface area contributed by atoms with Crippen molar-refractivity contribution in [2.75, 3.05) is 12.4 Å². The van der Waals surface area contributed by atoms with E-state index in [1.165, 1.54) is 17.1 Å². The third-order valence-electron chi connectivity index (χ3n) is 5.69. The van der Waals surface area contributed by atoms with Crippen LogP contribution in [0.25, 0.3) is 21.8 Å². The number of amides is 1. The molecule has 0 spiro atoms. The number of para-hydroxylation sites is 2. The Balaban J connectivity index is 1.22. The number of carbonyl (C=O) groups is 1. The summed E-state index contributed by atoms with van der Waals surface area (Å²) < 4.78 is 12.8. The maximum Gasteiger partial charge on any atom is 0.250 e. The molecule has 0 aliphatic carbocycles. The average Bonchev–Trinajstić information content (AvgIpc) is 3.35. The van der Waals surface area contributed by atoms with Crippen LogP contribution < -0.4 is 14.9 Å². The number of hydrogen-bond acceptors (Lipinski definition) is 6. The second-order valence-corrected chi connectivity index (χ2v) is 10.1. The molecule has 2 N–H and O–H groups in total. The molecule has 1 aromatic heterocycles. The fourth-order valence-electron chi connectivity index (χ4n) is 3.98. The molecule has 4 aromatic carbocycles. The summed E-state index contributed by atoms with van der Waals surface area (Å²) in [5.41, 5.74) is 6.21. The zero-order valence-corrected chi connectivity index (χ0v) is 23.0. The molecular weight excluding hydrogens is 564 g/mol. The van der Waals surface area contributed by atoms with E-state index in [4.69, 9.17) is 9.47 Å². The van der Waals surface area contributed by atoms with Gasteiger partial charge in [-0.25, -0.2) is 10.4 Å². The average molecular weight is 590 g/mol. The quantitative estimate of drug-likeness (QED) is 0.108. The van der Waals surface area contributed by atoms with Gasteiger partial charge in [0.15, 0.2) is 16.7 Å². The molecule has 7 nitrogen and oxygen atoms in total. The van der Waals surface area contributed by atoms with Crippen LogP contribution in [0.2, 0.25) is 0 Å². The maximum absolute atomic E-state index is 12.3. The molecule has 9 heteroatoms. The fourth-order valence-corrected chi connectivity index (χ4v) is 5.23. The minimum absolute atomic E-state index is 0.187. The van der Waals surface area contributed by atoms with Crippen LogP contribution in [0.3, 0.4) is 0 Å². The van der Waals surface area contributed by atoms with E-state index in [1.54, 1.807) is 6.21 Å². The lowest BCUT2D eigenvalue weighted by Crippen LogP contribution is -2.19. The molecule has 0 aliphatic rings. The van der Waals surface area contributed by atoms with E-state index in [2.05, 4.69) is 60.7 Å². The first kappa shape index (κ1) is 25.8. The predicted molar refractivity (Wildman–Crippen MR) is 156 cm³/mol. The first-order valence-electron chi connectivity index (χ1n) is 12.1. The van der Waals surface area contributed by atoms with Crippen molar-refractivity contribution in [2.24, 2.45) is 5.10 Å². The summed E-state index contributed by atoms with van der Waals surface area (Å²) in [6.45, 7) is 2.79. The van der Waals surface area contributed by atoms with Crippen LogP contribution >= 0.6 is 27.7 Å². The minimum Gasteiger partial charge on any atom is -0.490 e. The third-order valence-corrected chi connectivity index (χ3v) is 7.16. The number of hydrazone groups is 1. The van der Waals surface area contributed by atoms with Gasteiger partial charge in [-0.05, 0) is 69.0 Å². The molecule has 0 unspecified atom stereocenters. The van der Waals surface area contributed by atoms with E-state index >= 15 is 0 Å². The van der Waals surface area contributed by atoms with Crippen LogP contribution in [-0.4, -0.2) is 34.4 Å². The van der Waals surface area contributed by atoms with Gasteiger partial charge >= 0.3 is 0 Å². The summed E-state index contributed by atoms with van der Waals surface area (Å²) in [5, 5.41) is 7.12. The van der Waals surface area contributed by atoms with Gasteiger partial charge in [0, 0.05) is 0 Å². The molecule has 0 radical (unpaired) electrons. The molecular formula is C29H25BrN4O3S. The number of rotatable bonds is 10. The first-order chi connectivity index (χ1) is 18.6. The molecule has 0 saturated carbocycles. The van der Waals surface area contributed by atoms with E-state index in [0.29, 0.717) is 29.9 Å². The van der Waals surface area contributed by atoms with Crippen LogP contribution in [0.15, 0.2) is 93.6 Å². The van der Waals surface area contributed by atoms with Crippen molar-refractivity contribution in [2.45, 2.75) is 18.7 Å². The summed E-state index contributed by atoms with van der Waals surface area (Å²) >= 11 is 4.93. The number of imidazole rings is 1. The Morgan fingerprint density at radius 3 is 2.76 bits per heavy atom. The van der Waals surface area contributed by atoms with E-state index in [9.17, 15) is 4.79 Å². The number of aromatic amines is 1. The standard InChI is InChI=1S/C29H25BrN4O3S/c1-2-36-26-15-19(16-31-34-27(35)18-38-29-32-24-12-5-6-13-25(24)33-29)14-23(30)28(26)37-17-21-10-7-9-20-8-3-4-11-22(20)21/h3-16H,2,17-18H2,1H3,(H,32,33)(H,34,35)/b31-16-. The number of ether oxygens (including phenoxy) is 2. The van der Waals surface area contributed by atoms with Gasteiger partial charge in [-0.3, -0.25) is 4.79 Å². The van der Waals surface area contributed by atoms with E-state index in [1.807, 2.05) is 61.5 Å². The molecule has 1 heterocycles. The molecule has 38 heavy (non-hydrogen) atoms. The highest BCUT2D eigenvalue weighted by atomic mass is 79.9. The topological polar surface area (TPSA) is 88.6 Å². The van der Waals surface area contributed by atoms with E-state index in [0.717, 1.165) is 32.0 Å². The van der Waals surface area contributed by atoms with Gasteiger partial charge in [0.2, 0.25) is 0 Å². The molecule has 5 aromatic rings. The Morgan fingerprint density at radius 2 is 1.89 bits per heavy atom. The Kier molecular flexibility index (Phi) is 8.25. The van der Waals surface area contributed by atoms with Crippen molar-refractivity contribution in [1.82, 2.24) is 15.4 Å². The smallest absolute Gasteiger partial charge is 0.250 e. The van der Waals surface area contributed by atoms with Gasteiger partial charge in [-0.1, -0.05) is 66.4 Å². The number of aromatic nitrogens is 2. The number of nitrogens with zero attached hydrogens (tertiary/aromatic N) is 2. The lowest BCUT2D eigenvalue weighted by Gasteiger charge is -2.15. The van der Waals surface area contributed by atoms with Crippen molar-refractivity contribution in [3.8, 4) is 11.5 Å². The Hall–Kier alpha value is -3.82. The predicted octanol–water partition coefficient (Wildman–Crippen LogP) is 6.70. The van der Waals surface area contributed by atoms with Crippen molar-refractivity contribution in [1.29, 1.82) is 0 Å². The molecule has 0 saturated heterocycles. The largest absolute Gasteiger partial charge is 0.490 e. The van der Waals surface area contributed by atoms with Crippen LogP contribution in [-0.2, 0) is 11.4 Å². The summed E-state index contributed by atoms with van der Waals surface area (Å²) in [4.78, 5) is 19.9. The van der Waals surface area contributed by atoms with Crippen molar-refractivity contribution in [3.05, 3.63) is 94.5 Å². The van der Waals surface area contributed by atoms with Crippen LogP contribution in [0, 0.1) is 0 Å². The monoisotopic (exact) mass is 588 g/mol. The van der Waals surface area contributed by atoms with Crippen molar-refractivity contribution in [3.63, 3.8) is 0 Å². The van der Waals surface area contributed by atoms with E-state index < -0.39 is 0 Å². The van der Waals surface area contributed by atoms with Crippen LogP contribution in [0.4, 0.5) is 0 Å². The normalized spacial score (nSPS) is 11.3. The number of benzene rings is 4. The number of hydrogen-bond donors (Lipinski definition) is 2. The lowest BCUT2D eigenvalue weighted by molar-refractivity contribution is -0.118. The van der Waals surface area contributed by atoms with Crippen LogP contribution in [0.1, 0.15) is 18.1 Å². The van der Waals surface area contributed by atoms with Gasteiger partial charge in [0.05, 0.1) is 34.1 Å². The minimum atomic E-state index is -0.231. The highest BCUT2D eigenvalue weighted by Gasteiger charge is 2.13. The highest BCUT2D eigenvalue weighted by Crippen LogP contribution is 2.37. The van der Waals surface area contributed by atoms with Gasteiger partial charge < -0.3 is 14.5 Å². The summed E-state index contributed by atoms with van der Waals surface area (Å²) in [5.74, 6) is 1.16. The molecule has 0 atom stereocenters. The Morgan fingerprint density at radius 1 is 1.08 bits per heavy atom. The first-order valence-corrected chi connectivity index (χ1v) is 13.8. The number of H-pyrrole nitrogens is 1. The second-order valence-electron chi connectivity index (χ2n) is 8.33. The van der Waals surface area contributed by atoms with E-state index in [-0.39, 0.29) is 11.7 Å². The number of halogens is 1. The number of carbonyl (C=O) groups excluding carboxylic acids is 1. The third kappa shape index (κ3) is 6.17. The zero-order valence-electron chi connectivity index (χ0n) is 20.6. The molecule has 1 amide bonds. The fraction of sp³-hybridized carbons (Fsp3) is 0.138. The van der Waals surface area contributed by atoms with Gasteiger partial charge in [-0.2, -0.15) is 5.10 Å². The molecule has 0 aliphatic heterocycles. The molecule has 0 fully saturated rings. The lowest BCUT2D eigenvalue weighted by atomic mass is 10.1. The summed E-state index contributed by atoms with van der Waals surface area (Å²) in [7, 11) is 0.